The smallest absolute Gasteiger partial charge is 0.220 e. The van der Waals surface area contributed by atoms with Crippen LogP contribution in [-0.2, 0) is 30.7 Å². The molecule has 1 N–H and O–H groups in total. The van der Waals surface area contributed by atoms with Gasteiger partial charge in [0.1, 0.15) is 0 Å². The molecular formula is C31H35N3O. The molecule has 2 heterocycles. The molecule has 3 aromatic carbocycles. The fraction of sp³-hybridized carbons (Fsp3) is 0.323. The molecule has 1 aromatic heterocycles. The number of hydrogen-bond donors (Lipinski definition) is 1. The normalized spacial score (nSPS) is 13.6. The van der Waals surface area contributed by atoms with Crippen LogP contribution in [0.25, 0.3) is 10.9 Å². The first-order valence-electron chi connectivity index (χ1n) is 12.8. The van der Waals surface area contributed by atoms with Gasteiger partial charge < -0.3 is 9.88 Å². The molecule has 0 aliphatic carbocycles. The molecule has 1 aliphatic heterocycles. The van der Waals surface area contributed by atoms with Gasteiger partial charge in [-0.25, -0.2) is 0 Å². The lowest BCUT2D eigenvalue weighted by atomic mass is 10.00. The maximum absolute atomic E-state index is 12.6. The van der Waals surface area contributed by atoms with Gasteiger partial charge in [-0.15, -0.1) is 0 Å². The Bertz CT molecular complexity index is 1310. The first-order chi connectivity index (χ1) is 17.2. The lowest BCUT2D eigenvalue weighted by Crippen LogP contribution is -2.33. The summed E-state index contributed by atoms with van der Waals surface area (Å²) in [5.74, 6) is 0.143. The SMILES string of the molecule is Cc1ccccc1Cn1cc(CCC(=O)NCCCN2CCc3ccccc3C2)c2ccccc21. The molecule has 0 unspecified atom stereocenters. The van der Waals surface area contributed by atoms with Crippen LogP contribution in [0.3, 0.4) is 0 Å². The van der Waals surface area contributed by atoms with E-state index in [9.17, 15) is 4.79 Å². The Hall–Kier alpha value is -3.37. The molecule has 180 valence electrons. The van der Waals surface area contributed by atoms with E-state index in [1.54, 1.807) is 0 Å². The number of para-hydroxylation sites is 1. The van der Waals surface area contributed by atoms with Crippen molar-refractivity contribution in [2.45, 2.75) is 45.7 Å². The summed E-state index contributed by atoms with van der Waals surface area (Å²) in [6.45, 7) is 6.91. The van der Waals surface area contributed by atoms with Crippen molar-refractivity contribution in [2.75, 3.05) is 19.6 Å². The third-order valence-corrected chi connectivity index (χ3v) is 7.28. The van der Waals surface area contributed by atoms with Gasteiger partial charge in [-0.1, -0.05) is 66.7 Å². The maximum atomic E-state index is 12.6. The standard InChI is InChI=1S/C31H35N3O/c1-24-9-2-3-11-26(24)22-34-23-28(29-13-6-7-14-30(29)34)15-16-31(35)32-18-8-19-33-20-17-25-10-4-5-12-27(25)21-33/h2-7,9-14,23H,8,15-22H2,1H3,(H,32,35). The van der Waals surface area contributed by atoms with E-state index >= 15 is 0 Å². The van der Waals surface area contributed by atoms with E-state index in [2.05, 4.69) is 101 Å². The van der Waals surface area contributed by atoms with Gasteiger partial charge in [-0.3, -0.25) is 9.69 Å². The van der Waals surface area contributed by atoms with E-state index in [1.807, 2.05) is 0 Å². The molecule has 0 saturated heterocycles. The van der Waals surface area contributed by atoms with Crippen LogP contribution < -0.4 is 5.32 Å². The zero-order valence-electron chi connectivity index (χ0n) is 20.7. The Morgan fingerprint density at radius 2 is 1.69 bits per heavy atom. The summed E-state index contributed by atoms with van der Waals surface area (Å²) < 4.78 is 2.32. The number of fused-ring (bicyclic) bond motifs is 2. The Morgan fingerprint density at radius 3 is 2.57 bits per heavy atom. The third kappa shape index (κ3) is 5.66. The summed E-state index contributed by atoms with van der Waals surface area (Å²) in [4.78, 5) is 15.1. The van der Waals surface area contributed by atoms with Gasteiger partial charge in [0.05, 0.1) is 0 Å². The molecule has 1 aliphatic rings. The lowest BCUT2D eigenvalue weighted by Gasteiger charge is -2.28. The summed E-state index contributed by atoms with van der Waals surface area (Å²) in [6, 6.07) is 25.8. The van der Waals surface area contributed by atoms with Crippen LogP contribution in [0, 0.1) is 6.92 Å². The fourth-order valence-electron chi connectivity index (χ4n) is 5.24. The summed E-state index contributed by atoms with van der Waals surface area (Å²) in [5.41, 5.74) is 8.04. The minimum atomic E-state index is 0.143. The van der Waals surface area contributed by atoms with Gasteiger partial charge in [-0.2, -0.15) is 0 Å². The molecule has 4 nitrogen and oxygen atoms in total. The van der Waals surface area contributed by atoms with E-state index in [1.165, 1.54) is 38.7 Å². The summed E-state index contributed by atoms with van der Waals surface area (Å²) >= 11 is 0. The second-order valence-corrected chi connectivity index (χ2v) is 9.72. The summed E-state index contributed by atoms with van der Waals surface area (Å²) in [6.07, 6.45) is 5.63. The number of amides is 1. The van der Waals surface area contributed by atoms with Gasteiger partial charge in [0.2, 0.25) is 5.91 Å². The van der Waals surface area contributed by atoms with Crippen molar-refractivity contribution in [3.05, 3.63) is 107 Å². The minimum absolute atomic E-state index is 0.143. The second kappa shape index (κ2) is 10.9. The number of nitrogens with one attached hydrogen (secondary N) is 1. The molecule has 0 spiro atoms. The average molecular weight is 466 g/mol. The van der Waals surface area contributed by atoms with Gasteiger partial charge in [-0.05, 0) is 60.1 Å². The highest BCUT2D eigenvalue weighted by atomic mass is 16.1. The van der Waals surface area contributed by atoms with Crippen molar-refractivity contribution >= 4 is 16.8 Å². The van der Waals surface area contributed by atoms with Crippen molar-refractivity contribution in [3.8, 4) is 0 Å². The highest BCUT2D eigenvalue weighted by Gasteiger charge is 2.15. The number of aryl methyl sites for hydroxylation is 2. The van der Waals surface area contributed by atoms with Crippen molar-refractivity contribution < 1.29 is 4.79 Å². The first kappa shape index (κ1) is 23.4. The molecule has 0 saturated carbocycles. The molecule has 35 heavy (non-hydrogen) atoms. The Balaban J connectivity index is 1.11. The molecule has 0 bridgehead atoms. The molecule has 4 aromatic rings. The maximum Gasteiger partial charge on any atom is 0.220 e. The number of carbonyl (C=O) groups is 1. The summed E-state index contributed by atoms with van der Waals surface area (Å²) in [5, 5.41) is 4.39. The van der Waals surface area contributed by atoms with Gasteiger partial charge in [0.25, 0.3) is 0 Å². The van der Waals surface area contributed by atoms with Crippen molar-refractivity contribution in [3.63, 3.8) is 0 Å². The van der Waals surface area contributed by atoms with Crippen LogP contribution in [0.2, 0.25) is 0 Å². The molecular weight excluding hydrogens is 430 g/mol. The van der Waals surface area contributed by atoms with Gasteiger partial charge in [0, 0.05) is 56.2 Å². The van der Waals surface area contributed by atoms with E-state index in [-0.39, 0.29) is 5.91 Å². The number of hydrogen-bond acceptors (Lipinski definition) is 2. The van der Waals surface area contributed by atoms with Gasteiger partial charge in [0.15, 0.2) is 0 Å². The Morgan fingerprint density at radius 1 is 0.914 bits per heavy atom. The molecule has 5 rings (SSSR count). The molecule has 4 heteroatoms. The van der Waals surface area contributed by atoms with Crippen molar-refractivity contribution in [2.24, 2.45) is 0 Å². The monoisotopic (exact) mass is 465 g/mol. The number of rotatable bonds is 9. The van der Waals surface area contributed by atoms with Gasteiger partial charge >= 0.3 is 0 Å². The highest BCUT2D eigenvalue weighted by molar-refractivity contribution is 5.85. The predicted octanol–water partition coefficient (Wildman–Crippen LogP) is 5.50. The zero-order chi connectivity index (χ0) is 24.0. The van der Waals surface area contributed by atoms with E-state index in [0.29, 0.717) is 6.42 Å². The molecule has 0 radical (unpaired) electrons. The highest BCUT2D eigenvalue weighted by Crippen LogP contribution is 2.24. The lowest BCUT2D eigenvalue weighted by molar-refractivity contribution is -0.121. The van der Waals surface area contributed by atoms with Crippen molar-refractivity contribution in [1.82, 2.24) is 14.8 Å². The van der Waals surface area contributed by atoms with Crippen LogP contribution in [0.15, 0.2) is 79.0 Å². The third-order valence-electron chi connectivity index (χ3n) is 7.28. The number of aromatic nitrogens is 1. The van der Waals surface area contributed by atoms with Crippen LogP contribution in [0.5, 0.6) is 0 Å². The quantitative estimate of drug-likeness (QED) is 0.332. The molecule has 1 amide bonds. The Kier molecular flexibility index (Phi) is 7.29. The first-order valence-corrected chi connectivity index (χ1v) is 12.8. The molecule has 0 atom stereocenters. The number of nitrogens with zero attached hydrogens (tertiary/aromatic N) is 2. The van der Waals surface area contributed by atoms with E-state index < -0.39 is 0 Å². The Labute approximate surface area is 208 Å². The fourth-order valence-corrected chi connectivity index (χ4v) is 5.24. The van der Waals surface area contributed by atoms with Crippen LogP contribution >= 0.6 is 0 Å². The molecule has 0 fully saturated rings. The van der Waals surface area contributed by atoms with Crippen LogP contribution in [-0.4, -0.2) is 35.0 Å². The number of carbonyl (C=O) groups excluding carboxylic acids is 1. The average Bonchev–Trinajstić information content (AvgIpc) is 3.24. The van der Waals surface area contributed by atoms with E-state index in [0.717, 1.165) is 52.0 Å². The zero-order valence-corrected chi connectivity index (χ0v) is 20.7. The largest absolute Gasteiger partial charge is 0.356 e. The van der Waals surface area contributed by atoms with Crippen molar-refractivity contribution in [1.29, 1.82) is 0 Å². The minimum Gasteiger partial charge on any atom is -0.356 e. The predicted molar refractivity (Wildman–Crippen MR) is 144 cm³/mol. The topological polar surface area (TPSA) is 37.3 Å². The summed E-state index contributed by atoms with van der Waals surface area (Å²) in [7, 11) is 0. The second-order valence-electron chi connectivity index (χ2n) is 9.72. The number of benzene rings is 3. The van der Waals surface area contributed by atoms with Crippen LogP contribution in [0.4, 0.5) is 0 Å². The van der Waals surface area contributed by atoms with Crippen LogP contribution in [0.1, 0.15) is 40.7 Å². The van der Waals surface area contributed by atoms with E-state index in [4.69, 9.17) is 0 Å².